The van der Waals surface area contributed by atoms with Gasteiger partial charge in [-0.3, -0.25) is 14.8 Å². The van der Waals surface area contributed by atoms with E-state index < -0.39 is 4.92 Å². The maximum atomic E-state index is 11.3. The molecule has 1 spiro atoms. The summed E-state index contributed by atoms with van der Waals surface area (Å²) >= 11 is 0. The van der Waals surface area contributed by atoms with E-state index >= 15 is 0 Å². The molecule has 1 atom stereocenters. The van der Waals surface area contributed by atoms with Crippen LogP contribution in [0.3, 0.4) is 0 Å². The van der Waals surface area contributed by atoms with Crippen molar-refractivity contribution in [2.24, 2.45) is 0 Å². The highest BCUT2D eigenvalue weighted by Crippen LogP contribution is 2.50. The second-order valence-electron chi connectivity index (χ2n) is 6.04. The van der Waals surface area contributed by atoms with E-state index in [-0.39, 0.29) is 36.4 Å². The summed E-state index contributed by atoms with van der Waals surface area (Å²) in [6.45, 7) is 2.57. The Bertz CT molecular complexity index is 567. The molecule has 1 unspecified atom stereocenters. The number of aliphatic hydroxyl groups is 1. The molecule has 8 heteroatoms. The second kappa shape index (κ2) is 5.85. The van der Waals surface area contributed by atoms with Gasteiger partial charge in [0.2, 0.25) is 0 Å². The average molecular weight is 311 g/mol. The predicted octanol–water partition coefficient (Wildman–Crippen LogP) is 1.75. The van der Waals surface area contributed by atoms with Crippen LogP contribution in [0.1, 0.15) is 43.8 Å². The predicted molar refractivity (Wildman–Crippen MR) is 77.0 cm³/mol. The molecular weight excluding hydrogens is 290 g/mol. The summed E-state index contributed by atoms with van der Waals surface area (Å²) in [7, 11) is 0. The maximum absolute atomic E-state index is 11.3. The topological polar surface area (TPSA) is 99.7 Å². The lowest BCUT2D eigenvalue weighted by Crippen LogP contribution is -2.30. The lowest BCUT2D eigenvalue weighted by atomic mass is 10.0. The zero-order chi connectivity index (χ0) is 15.7. The van der Waals surface area contributed by atoms with Gasteiger partial charge in [0.1, 0.15) is 5.69 Å². The van der Waals surface area contributed by atoms with E-state index in [1.54, 1.807) is 11.6 Å². The van der Waals surface area contributed by atoms with Crippen LogP contribution in [0, 0.1) is 17.0 Å². The van der Waals surface area contributed by atoms with Crippen molar-refractivity contribution < 1.29 is 19.5 Å². The summed E-state index contributed by atoms with van der Waals surface area (Å²) < 4.78 is 12.9. The molecule has 1 N–H and O–H groups in total. The Morgan fingerprint density at radius 2 is 2.36 bits per heavy atom. The molecule has 2 heterocycles. The van der Waals surface area contributed by atoms with Crippen molar-refractivity contribution >= 4 is 5.69 Å². The van der Waals surface area contributed by atoms with E-state index in [4.69, 9.17) is 14.6 Å². The highest BCUT2D eigenvalue weighted by molar-refractivity contribution is 5.45. The van der Waals surface area contributed by atoms with E-state index in [2.05, 4.69) is 5.10 Å². The molecule has 2 aliphatic rings. The molecule has 2 fully saturated rings. The van der Waals surface area contributed by atoms with Gasteiger partial charge in [-0.15, -0.1) is 5.10 Å². The summed E-state index contributed by atoms with van der Waals surface area (Å²) in [6, 6.07) is 0.116. The average Bonchev–Trinajstić information content (AvgIpc) is 3.13. The van der Waals surface area contributed by atoms with E-state index in [1.807, 2.05) is 0 Å². The largest absolute Gasteiger partial charge is 0.472 e. The van der Waals surface area contributed by atoms with Crippen LogP contribution >= 0.6 is 0 Å². The van der Waals surface area contributed by atoms with Gasteiger partial charge in [0.05, 0.1) is 23.2 Å². The Morgan fingerprint density at radius 3 is 3.00 bits per heavy atom. The summed E-state index contributed by atoms with van der Waals surface area (Å²) in [5, 5.41) is 24.4. The van der Waals surface area contributed by atoms with Crippen LogP contribution in [0.15, 0.2) is 0 Å². The molecule has 3 rings (SSSR count). The third kappa shape index (κ3) is 2.80. The minimum atomic E-state index is -0.445. The lowest BCUT2D eigenvalue weighted by molar-refractivity contribution is -0.386. The first-order valence-corrected chi connectivity index (χ1v) is 7.67. The molecule has 1 aromatic heterocycles. The van der Waals surface area contributed by atoms with E-state index in [9.17, 15) is 10.1 Å². The van der Waals surface area contributed by atoms with E-state index in [1.165, 1.54) is 0 Å². The number of hydrogen-bond donors (Lipinski definition) is 1. The van der Waals surface area contributed by atoms with Gasteiger partial charge in [-0.05, 0) is 32.6 Å². The van der Waals surface area contributed by atoms with Crippen molar-refractivity contribution in [1.82, 2.24) is 9.78 Å². The molecule has 1 aliphatic heterocycles. The summed E-state index contributed by atoms with van der Waals surface area (Å²) in [4.78, 5) is 10.9. The zero-order valence-electron chi connectivity index (χ0n) is 12.7. The molecule has 0 bridgehead atoms. The van der Waals surface area contributed by atoms with Crippen molar-refractivity contribution in [2.75, 3.05) is 19.8 Å². The molecule has 0 amide bonds. The Morgan fingerprint density at radius 1 is 1.59 bits per heavy atom. The Hall–Kier alpha value is -1.67. The van der Waals surface area contributed by atoms with Crippen LogP contribution in [-0.2, 0) is 4.74 Å². The van der Waals surface area contributed by atoms with Gasteiger partial charge in [0.25, 0.3) is 0 Å². The number of nitrogens with zero attached hydrogens (tertiary/aromatic N) is 3. The number of rotatable bonds is 6. The number of nitro groups is 1. The highest BCUT2D eigenvalue weighted by Gasteiger charge is 2.49. The number of aliphatic hydroxyl groups excluding tert-OH is 1. The number of ether oxygens (including phenoxy) is 2. The van der Waals surface area contributed by atoms with Gasteiger partial charge in [-0.1, -0.05) is 0 Å². The van der Waals surface area contributed by atoms with Crippen molar-refractivity contribution in [1.29, 1.82) is 0 Å². The Balaban J connectivity index is 1.84. The van der Waals surface area contributed by atoms with Gasteiger partial charge >= 0.3 is 11.6 Å². The minimum absolute atomic E-state index is 0.0179. The summed E-state index contributed by atoms with van der Waals surface area (Å²) in [5.74, 6) is 0.0484. The molecule has 22 heavy (non-hydrogen) atoms. The quantitative estimate of drug-likeness (QED) is 0.488. The smallest absolute Gasteiger partial charge is 0.352 e. The van der Waals surface area contributed by atoms with Gasteiger partial charge in [0, 0.05) is 19.6 Å². The molecule has 1 saturated heterocycles. The first kappa shape index (κ1) is 15.2. The van der Waals surface area contributed by atoms with Crippen LogP contribution in [0.5, 0.6) is 5.88 Å². The van der Waals surface area contributed by atoms with Crippen LogP contribution in [0.2, 0.25) is 0 Å². The molecule has 8 nitrogen and oxygen atoms in total. The first-order chi connectivity index (χ1) is 10.6. The van der Waals surface area contributed by atoms with Crippen LogP contribution in [0.25, 0.3) is 0 Å². The summed E-state index contributed by atoms with van der Waals surface area (Å²) in [6.07, 6.45) is 4.20. The summed E-state index contributed by atoms with van der Waals surface area (Å²) in [5.41, 5.74) is 0.426. The Labute approximate surface area is 128 Å². The van der Waals surface area contributed by atoms with Crippen LogP contribution in [0.4, 0.5) is 5.69 Å². The maximum Gasteiger partial charge on any atom is 0.352 e. The standard InChI is InChI=1S/C14H21N3O5/c1-10-12(17(19)20)13(21-7-2-6-18)15-16(10)11-3-8-22-14(9-11)4-5-14/h11,18H,2-9H2,1H3. The SMILES string of the molecule is Cc1c([N+](=O)[O-])c(OCCCO)nn1C1CCOC2(CC2)C1. The minimum Gasteiger partial charge on any atom is -0.472 e. The monoisotopic (exact) mass is 311 g/mol. The van der Waals surface area contributed by atoms with Crippen molar-refractivity contribution in [3.05, 3.63) is 15.8 Å². The molecular formula is C14H21N3O5. The fourth-order valence-corrected chi connectivity index (χ4v) is 3.08. The van der Waals surface area contributed by atoms with Crippen molar-refractivity contribution in [3.8, 4) is 5.88 Å². The van der Waals surface area contributed by atoms with E-state index in [0.717, 1.165) is 25.7 Å². The number of hydrogen-bond acceptors (Lipinski definition) is 6. The number of aromatic nitrogens is 2. The molecule has 1 aliphatic carbocycles. The third-order valence-electron chi connectivity index (χ3n) is 4.43. The molecule has 1 aromatic rings. The van der Waals surface area contributed by atoms with Crippen molar-refractivity contribution in [3.63, 3.8) is 0 Å². The van der Waals surface area contributed by atoms with Crippen LogP contribution < -0.4 is 4.74 Å². The third-order valence-corrected chi connectivity index (χ3v) is 4.43. The fourth-order valence-electron chi connectivity index (χ4n) is 3.08. The lowest BCUT2D eigenvalue weighted by Gasteiger charge is -2.30. The second-order valence-corrected chi connectivity index (χ2v) is 6.04. The highest BCUT2D eigenvalue weighted by atomic mass is 16.6. The normalized spacial score (nSPS) is 22.7. The van der Waals surface area contributed by atoms with Gasteiger partial charge in [0.15, 0.2) is 0 Å². The Kier molecular flexibility index (Phi) is 4.05. The molecule has 0 aromatic carbocycles. The molecule has 0 radical (unpaired) electrons. The van der Waals surface area contributed by atoms with Crippen molar-refractivity contribution in [2.45, 2.75) is 50.7 Å². The first-order valence-electron chi connectivity index (χ1n) is 7.67. The zero-order valence-corrected chi connectivity index (χ0v) is 12.7. The van der Waals surface area contributed by atoms with Crippen LogP contribution in [-0.4, -0.2) is 45.2 Å². The van der Waals surface area contributed by atoms with Gasteiger partial charge in [-0.25, -0.2) is 0 Å². The van der Waals surface area contributed by atoms with Gasteiger partial charge in [-0.2, -0.15) is 0 Å². The molecule has 122 valence electrons. The molecule has 1 saturated carbocycles. The fraction of sp³-hybridized carbons (Fsp3) is 0.786. The van der Waals surface area contributed by atoms with Gasteiger partial charge < -0.3 is 14.6 Å². The van der Waals surface area contributed by atoms with E-state index in [0.29, 0.717) is 18.7 Å².